The summed E-state index contributed by atoms with van der Waals surface area (Å²) < 4.78 is 28.3. The van der Waals surface area contributed by atoms with Crippen LogP contribution in [0, 0.1) is 11.6 Å². The summed E-state index contributed by atoms with van der Waals surface area (Å²) in [7, 11) is 0. The number of carbonyl (C=O) groups is 1. The van der Waals surface area contributed by atoms with Crippen molar-refractivity contribution in [2.75, 3.05) is 0 Å². The van der Waals surface area contributed by atoms with Crippen LogP contribution in [0.3, 0.4) is 0 Å². The Morgan fingerprint density at radius 1 is 1.28 bits per heavy atom. The van der Waals surface area contributed by atoms with Crippen molar-refractivity contribution >= 4 is 5.78 Å². The molecule has 0 aliphatic heterocycles. The van der Waals surface area contributed by atoms with Crippen LogP contribution in [0.5, 0.6) is 0 Å². The lowest BCUT2D eigenvalue weighted by molar-refractivity contribution is 0.0980. The third kappa shape index (κ3) is 2.30. The number of hydrogen-bond acceptors (Lipinski definition) is 2. The summed E-state index contributed by atoms with van der Waals surface area (Å²) in [4.78, 5) is 12.0. The first-order chi connectivity index (χ1) is 8.63. The number of aromatic nitrogens is 2. The number of benzene rings is 1. The molecule has 94 valence electrons. The molecule has 1 heterocycles. The molecule has 0 aliphatic rings. The highest BCUT2D eigenvalue weighted by Crippen LogP contribution is 2.15. The van der Waals surface area contributed by atoms with Gasteiger partial charge in [-0.1, -0.05) is 6.07 Å². The van der Waals surface area contributed by atoms with Gasteiger partial charge in [0.25, 0.3) is 0 Å². The number of hydrogen-bond donors (Lipinski definition) is 0. The van der Waals surface area contributed by atoms with Gasteiger partial charge in [0.15, 0.2) is 5.78 Å². The highest BCUT2D eigenvalue weighted by Gasteiger charge is 2.17. The van der Waals surface area contributed by atoms with E-state index in [0.717, 1.165) is 12.1 Å². The maximum Gasteiger partial charge on any atom is 0.185 e. The average molecular weight is 250 g/mol. The molecule has 18 heavy (non-hydrogen) atoms. The first-order valence-electron chi connectivity index (χ1n) is 5.61. The second-order valence-corrected chi connectivity index (χ2v) is 3.83. The van der Waals surface area contributed by atoms with Crippen LogP contribution < -0.4 is 0 Å². The number of Topliss-reactive ketones (excluding diaryl/α,β-unsaturated/α-hetero) is 1. The predicted octanol–water partition coefficient (Wildman–Crippen LogP) is 2.61. The van der Waals surface area contributed by atoms with E-state index in [1.807, 2.05) is 6.92 Å². The predicted molar refractivity (Wildman–Crippen MR) is 62.3 cm³/mol. The van der Waals surface area contributed by atoms with Crippen molar-refractivity contribution in [1.82, 2.24) is 9.78 Å². The molecule has 0 fully saturated rings. The third-order valence-corrected chi connectivity index (χ3v) is 2.70. The first kappa shape index (κ1) is 12.4. The van der Waals surface area contributed by atoms with Crippen LogP contribution in [0.25, 0.3) is 0 Å². The van der Waals surface area contributed by atoms with Crippen molar-refractivity contribution in [1.29, 1.82) is 0 Å². The lowest BCUT2D eigenvalue weighted by atomic mass is 10.1. The highest BCUT2D eigenvalue weighted by molar-refractivity contribution is 5.96. The van der Waals surface area contributed by atoms with Crippen LogP contribution in [-0.2, 0) is 13.0 Å². The van der Waals surface area contributed by atoms with Crippen LogP contribution in [0.4, 0.5) is 8.78 Å². The standard InChI is InChI=1S/C13H12F2N2O/c1-2-17-12(6-7-16-17)13(18)8-9-10(14)4-3-5-11(9)15/h3-7H,2,8H2,1H3. The topological polar surface area (TPSA) is 34.9 Å². The Hall–Kier alpha value is -2.04. The minimum Gasteiger partial charge on any atom is -0.292 e. The van der Waals surface area contributed by atoms with E-state index in [9.17, 15) is 13.6 Å². The minimum atomic E-state index is -0.703. The maximum atomic E-state index is 13.4. The summed E-state index contributed by atoms with van der Waals surface area (Å²) in [5, 5.41) is 3.95. The number of aryl methyl sites for hydroxylation is 1. The Labute approximate surface area is 103 Å². The van der Waals surface area contributed by atoms with Crippen molar-refractivity contribution in [3.8, 4) is 0 Å². The fraction of sp³-hybridized carbons (Fsp3) is 0.231. The molecule has 0 bridgehead atoms. The lowest BCUT2D eigenvalue weighted by Crippen LogP contribution is -2.13. The largest absolute Gasteiger partial charge is 0.292 e. The molecule has 1 aromatic heterocycles. The van der Waals surface area contributed by atoms with E-state index in [4.69, 9.17) is 0 Å². The quantitative estimate of drug-likeness (QED) is 0.782. The Morgan fingerprint density at radius 2 is 1.94 bits per heavy atom. The van der Waals surface area contributed by atoms with E-state index in [1.54, 1.807) is 6.07 Å². The average Bonchev–Trinajstić information content (AvgIpc) is 2.82. The zero-order valence-corrected chi connectivity index (χ0v) is 9.86. The zero-order valence-electron chi connectivity index (χ0n) is 9.86. The Morgan fingerprint density at radius 3 is 2.56 bits per heavy atom. The van der Waals surface area contributed by atoms with Crippen molar-refractivity contribution in [3.05, 3.63) is 53.4 Å². The fourth-order valence-corrected chi connectivity index (χ4v) is 1.77. The molecule has 0 aliphatic carbocycles. The zero-order chi connectivity index (χ0) is 13.1. The Balaban J connectivity index is 2.27. The fourth-order valence-electron chi connectivity index (χ4n) is 1.77. The van der Waals surface area contributed by atoms with Gasteiger partial charge in [-0.05, 0) is 25.1 Å². The highest BCUT2D eigenvalue weighted by atomic mass is 19.1. The van der Waals surface area contributed by atoms with E-state index in [-0.39, 0.29) is 17.8 Å². The molecule has 0 unspecified atom stereocenters. The number of rotatable bonds is 4. The molecule has 3 nitrogen and oxygen atoms in total. The van der Waals surface area contributed by atoms with Crippen LogP contribution in [0.15, 0.2) is 30.5 Å². The van der Waals surface area contributed by atoms with Crippen LogP contribution >= 0.6 is 0 Å². The number of halogens is 2. The number of nitrogens with zero attached hydrogens (tertiary/aromatic N) is 2. The maximum absolute atomic E-state index is 13.4. The van der Waals surface area contributed by atoms with Gasteiger partial charge in [0.05, 0.1) is 0 Å². The Kier molecular flexibility index (Phi) is 3.50. The molecule has 0 spiro atoms. The molecule has 0 saturated carbocycles. The summed E-state index contributed by atoms with van der Waals surface area (Å²) in [5.74, 6) is -1.75. The van der Waals surface area contributed by atoms with E-state index < -0.39 is 11.6 Å². The monoisotopic (exact) mass is 250 g/mol. The molecule has 5 heteroatoms. The Bertz CT molecular complexity index is 558. The SMILES string of the molecule is CCn1nccc1C(=O)Cc1c(F)cccc1F. The summed E-state index contributed by atoms with van der Waals surface area (Å²) in [6.45, 7) is 2.38. The van der Waals surface area contributed by atoms with Crippen LogP contribution in [0.2, 0.25) is 0 Å². The third-order valence-electron chi connectivity index (χ3n) is 2.70. The van der Waals surface area contributed by atoms with Crippen LogP contribution in [-0.4, -0.2) is 15.6 Å². The van der Waals surface area contributed by atoms with Gasteiger partial charge in [-0.25, -0.2) is 8.78 Å². The van der Waals surface area contributed by atoms with Gasteiger partial charge in [0.1, 0.15) is 17.3 Å². The summed E-state index contributed by atoms with van der Waals surface area (Å²) >= 11 is 0. The van der Waals surface area contributed by atoms with Crippen molar-refractivity contribution < 1.29 is 13.6 Å². The van der Waals surface area contributed by atoms with Crippen molar-refractivity contribution in [3.63, 3.8) is 0 Å². The molecule has 1 aromatic carbocycles. The summed E-state index contributed by atoms with van der Waals surface area (Å²) in [5.41, 5.74) is 0.159. The second kappa shape index (κ2) is 5.08. The molecule has 2 aromatic rings. The lowest BCUT2D eigenvalue weighted by Gasteiger charge is -2.06. The molecular weight excluding hydrogens is 238 g/mol. The smallest absolute Gasteiger partial charge is 0.185 e. The van der Waals surface area contributed by atoms with Crippen molar-refractivity contribution in [2.24, 2.45) is 0 Å². The van der Waals surface area contributed by atoms with Gasteiger partial charge < -0.3 is 0 Å². The van der Waals surface area contributed by atoms with Crippen LogP contribution in [0.1, 0.15) is 23.0 Å². The molecule has 2 rings (SSSR count). The van der Waals surface area contributed by atoms with E-state index in [1.165, 1.54) is 16.9 Å². The van der Waals surface area contributed by atoms with Gasteiger partial charge in [-0.15, -0.1) is 0 Å². The molecule has 0 radical (unpaired) electrons. The van der Waals surface area contributed by atoms with Gasteiger partial charge in [-0.2, -0.15) is 5.10 Å². The van der Waals surface area contributed by atoms with Gasteiger partial charge >= 0.3 is 0 Å². The first-order valence-corrected chi connectivity index (χ1v) is 5.61. The van der Waals surface area contributed by atoms with E-state index in [2.05, 4.69) is 5.10 Å². The molecule has 0 saturated heterocycles. The molecule has 0 atom stereocenters. The van der Waals surface area contributed by atoms with Gasteiger partial charge in [0, 0.05) is 24.7 Å². The minimum absolute atomic E-state index is 0.202. The van der Waals surface area contributed by atoms with E-state index in [0.29, 0.717) is 12.2 Å². The number of carbonyl (C=O) groups excluding carboxylic acids is 1. The molecule has 0 amide bonds. The van der Waals surface area contributed by atoms with Gasteiger partial charge in [-0.3, -0.25) is 9.48 Å². The second-order valence-electron chi connectivity index (χ2n) is 3.83. The number of ketones is 1. The summed E-state index contributed by atoms with van der Waals surface area (Å²) in [6, 6.07) is 5.10. The molecule has 0 N–H and O–H groups in total. The van der Waals surface area contributed by atoms with Gasteiger partial charge in [0.2, 0.25) is 0 Å². The molecular formula is C13H12F2N2O. The van der Waals surface area contributed by atoms with E-state index >= 15 is 0 Å². The normalized spacial score (nSPS) is 10.6. The van der Waals surface area contributed by atoms with Crippen molar-refractivity contribution in [2.45, 2.75) is 19.9 Å². The summed E-state index contributed by atoms with van der Waals surface area (Å²) in [6.07, 6.45) is 1.19.